The number of benzene rings is 4. The maximum atomic E-state index is 15.4. The van der Waals surface area contributed by atoms with Crippen LogP contribution < -0.4 is 0 Å². The molecule has 10 rings (SSSR count). The number of aromatic amines is 2. The summed E-state index contributed by atoms with van der Waals surface area (Å²) in [6.45, 7) is 7.51. The second-order valence-electron chi connectivity index (χ2n) is 18.5. The van der Waals surface area contributed by atoms with E-state index in [4.69, 9.17) is 0 Å². The van der Waals surface area contributed by atoms with Crippen molar-refractivity contribution in [3.8, 4) is 0 Å². The van der Waals surface area contributed by atoms with Gasteiger partial charge in [0.25, 0.3) is 0 Å². The van der Waals surface area contributed by atoms with Gasteiger partial charge in [-0.05, 0) is 153 Å². The number of rotatable bonds is 4. The van der Waals surface area contributed by atoms with Crippen LogP contribution in [0, 0.1) is 22.7 Å². The number of hydrogen-bond acceptors (Lipinski definition) is 6. The molecule has 57 heavy (non-hydrogen) atoms. The Morgan fingerprint density at radius 1 is 0.649 bits per heavy atom. The lowest BCUT2D eigenvalue weighted by Gasteiger charge is -2.55. The molecular weight excluding hydrogens is 741 g/mol. The quantitative estimate of drug-likeness (QED) is 0.104. The Kier molecular flexibility index (Phi) is 7.52. The van der Waals surface area contributed by atoms with E-state index in [0.29, 0.717) is 62.4 Å². The number of sulfone groups is 1. The molecule has 10 nitrogen and oxygen atoms in total. The molecule has 2 heterocycles. The highest BCUT2D eigenvalue weighted by atomic mass is 32.2. The van der Waals surface area contributed by atoms with Crippen molar-refractivity contribution in [2.45, 2.75) is 112 Å². The van der Waals surface area contributed by atoms with Crippen LogP contribution in [0.5, 0.6) is 0 Å². The fraction of sp³-hybridized carbons (Fsp3) is 0.435. The number of H-pyrrole nitrogens is 2. The molecule has 8 atom stereocenters. The van der Waals surface area contributed by atoms with Crippen molar-refractivity contribution < 1.29 is 38.4 Å². The van der Waals surface area contributed by atoms with Gasteiger partial charge in [0, 0.05) is 38.1 Å². The molecule has 4 aromatic carbocycles. The van der Waals surface area contributed by atoms with Gasteiger partial charge >= 0.3 is 11.9 Å². The van der Waals surface area contributed by atoms with Gasteiger partial charge in [-0.2, -0.15) is 0 Å². The lowest BCUT2D eigenvalue weighted by Crippen LogP contribution is -2.58. The summed E-state index contributed by atoms with van der Waals surface area (Å²) in [5, 5.41) is 46.3. The maximum Gasteiger partial charge on any atom is 0.312 e. The summed E-state index contributed by atoms with van der Waals surface area (Å²) in [7, 11) is -4.20. The summed E-state index contributed by atoms with van der Waals surface area (Å²) in [5.41, 5.74) is 2.87. The third kappa shape index (κ3) is 4.56. The van der Waals surface area contributed by atoms with Gasteiger partial charge in [-0.15, -0.1) is 0 Å². The van der Waals surface area contributed by atoms with E-state index in [-0.39, 0.29) is 15.7 Å². The Hall–Kier alpha value is -4.71. The monoisotopic (exact) mass is 788 g/mol. The summed E-state index contributed by atoms with van der Waals surface area (Å²) in [6, 6.07) is 19.3. The molecular formula is C46H48N2O8S. The fourth-order valence-corrected chi connectivity index (χ4v) is 14.4. The zero-order valence-corrected chi connectivity index (χ0v) is 33.4. The maximum absolute atomic E-state index is 15.4. The number of para-hydroxylation sites is 1. The minimum absolute atomic E-state index is 0.145. The van der Waals surface area contributed by atoms with Crippen LogP contribution in [0.3, 0.4) is 0 Å². The van der Waals surface area contributed by atoms with Crippen molar-refractivity contribution in [3.05, 3.63) is 82.9 Å². The second-order valence-corrected chi connectivity index (χ2v) is 20.4. The Morgan fingerprint density at radius 3 is 1.89 bits per heavy atom. The summed E-state index contributed by atoms with van der Waals surface area (Å²) < 4.78 is 30.9. The van der Waals surface area contributed by atoms with E-state index >= 15 is 8.42 Å². The first kappa shape index (κ1) is 36.6. The van der Waals surface area contributed by atoms with Gasteiger partial charge in [-0.3, -0.25) is 9.59 Å². The Bertz CT molecular complexity index is 2880. The van der Waals surface area contributed by atoms with E-state index in [2.05, 4.69) is 42.0 Å². The van der Waals surface area contributed by atoms with Crippen LogP contribution in [0.25, 0.3) is 43.6 Å². The van der Waals surface area contributed by atoms with Crippen LogP contribution in [0.15, 0.2) is 70.5 Å². The van der Waals surface area contributed by atoms with E-state index in [9.17, 15) is 30.0 Å². The van der Waals surface area contributed by atoms with Crippen LogP contribution in [0.1, 0.15) is 88.5 Å². The molecule has 8 unspecified atom stereocenters. The molecule has 0 spiro atoms. The minimum atomic E-state index is -4.20. The summed E-state index contributed by atoms with van der Waals surface area (Å²) in [4.78, 5) is 32.9. The summed E-state index contributed by atoms with van der Waals surface area (Å²) >= 11 is 0. The second kappa shape index (κ2) is 11.7. The van der Waals surface area contributed by atoms with Crippen molar-refractivity contribution in [2.24, 2.45) is 22.7 Å². The number of hydrogen-bond donors (Lipinski definition) is 6. The Morgan fingerprint density at radius 2 is 1.23 bits per heavy atom. The molecule has 2 saturated carbocycles. The molecule has 6 N–H and O–H groups in total. The van der Waals surface area contributed by atoms with Crippen molar-refractivity contribution in [2.75, 3.05) is 0 Å². The predicted octanol–water partition coefficient (Wildman–Crippen LogP) is 7.92. The number of nitrogens with one attached hydrogen (secondary N) is 2. The highest BCUT2D eigenvalue weighted by Crippen LogP contribution is 2.60. The molecule has 0 amide bonds. The molecule has 0 aliphatic heterocycles. The number of aliphatic hydroxyl groups is 2. The SMILES string of the molecule is CC12CCC(O)C(C)(C(=O)O)C1CCc1cc3[nH]c4ccc(S(=O)(=O)c5c6c(cc7c5[nH]c5ccccc57)C5(C)CCC(O)C(C)(C(=O)O)C5CC6)cc4c3cc12. The van der Waals surface area contributed by atoms with Crippen molar-refractivity contribution >= 4 is 65.4 Å². The lowest BCUT2D eigenvalue weighted by molar-refractivity contribution is -0.172. The third-order valence-corrected chi connectivity index (χ3v) is 17.9. The van der Waals surface area contributed by atoms with Crippen molar-refractivity contribution in [1.29, 1.82) is 0 Å². The smallest absolute Gasteiger partial charge is 0.312 e. The largest absolute Gasteiger partial charge is 0.481 e. The number of aryl methyl sites for hydroxylation is 1. The number of carbonyl (C=O) groups is 2. The van der Waals surface area contributed by atoms with Gasteiger partial charge in [0.1, 0.15) is 0 Å². The highest BCUT2D eigenvalue weighted by molar-refractivity contribution is 7.91. The van der Waals surface area contributed by atoms with Crippen LogP contribution in [0.2, 0.25) is 0 Å². The van der Waals surface area contributed by atoms with E-state index < -0.39 is 61.6 Å². The standard InChI is InChI=1S/C46H48N2O8S/c1-43-17-15-37(49)45(3,41(51)52)35(43)13-9-23-19-34-28(21-30(23)43)27-20-24(10-12-33(27)47-34)57(55,56)40-26-11-14-36-44(2,18-16-38(50)46(36,4)42(53)54)31(26)22-29-25-7-5-6-8-32(25)48-39(29)40/h5-8,10,12,19-22,35-38,47-50H,9,11,13-18H2,1-4H3,(H,51,52)(H,53,54). The molecule has 6 aromatic rings. The highest BCUT2D eigenvalue weighted by Gasteiger charge is 2.61. The van der Waals surface area contributed by atoms with Crippen LogP contribution in [-0.2, 0) is 43.1 Å². The van der Waals surface area contributed by atoms with E-state index in [1.807, 2.05) is 30.3 Å². The average Bonchev–Trinajstić information content (AvgIpc) is 3.73. The number of aliphatic hydroxyl groups excluding tert-OH is 2. The predicted molar refractivity (Wildman–Crippen MR) is 217 cm³/mol. The molecule has 4 aliphatic carbocycles. The molecule has 2 aromatic heterocycles. The molecule has 11 heteroatoms. The average molecular weight is 789 g/mol. The lowest BCUT2D eigenvalue weighted by atomic mass is 9.49. The van der Waals surface area contributed by atoms with Crippen molar-refractivity contribution in [3.63, 3.8) is 0 Å². The Balaban J connectivity index is 1.17. The van der Waals surface area contributed by atoms with Gasteiger partial charge in [-0.1, -0.05) is 32.0 Å². The molecule has 296 valence electrons. The molecule has 0 radical (unpaired) electrons. The van der Waals surface area contributed by atoms with Crippen molar-refractivity contribution in [1.82, 2.24) is 9.97 Å². The van der Waals surface area contributed by atoms with Crippen LogP contribution in [0.4, 0.5) is 0 Å². The first-order valence-corrected chi connectivity index (χ1v) is 21.7. The molecule has 0 saturated heterocycles. The van der Waals surface area contributed by atoms with Gasteiger partial charge in [0.15, 0.2) is 0 Å². The molecule has 0 bridgehead atoms. The topological polar surface area (TPSA) is 181 Å². The van der Waals surface area contributed by atoms with Gasteiger partial charge in [-0.25, -0.2) is 8.42 Å². The number of carboxylic acid groups (broad SMARTS) is 2. The van der Waals surface area contributed by atoms with Gasteiger partial charge in [0.05, 0.1) is 38.3 Å². The zero-order chi connectivity index (χ0) is 40.2. The van der Waals surface area contributed by atoms with Gasteiger partial charge < -0.3 is 30.4 Å². The first-order valence-electron chi connectivity index (χ1n) is 20.2. The fourth-order valence-electron chi connectivity index (χ4n) is 12.7. The van der Waals surface area contributed by atoms with Crippen LogP contribution in [-0.4, -0.2) is 63.0 Å². The van der Waals surface area contributed by atoms with Crippen LogP contribution >= 0.6 is 0 Å². The van der Waals surface area contributed by atoms with E-state index in [1.165, 1.54) is 0 Å². The minimum Gasteiger partial charge on any atom is -0.481 e. The van der Waals surface area contributed by atoms with Gasteiger partial charge in [0.2, 0.25) is 9.84 Å². The van der Waals surface area contributed by atoms with E-state index in [0.717, 1.165) is 54.8 Å². The number of fused-ring (bicyclic) bond motifs is 12. The van der Waals surface area contributed by atoms with E-state index in [1.54, 1.807) is 26.0 Å². The molecule has 2 fully saturated rings. The normalized spacial score (nSPS) is 32.5. The third-order valence-electron chi connectivity index (χ3n) is 16.0. The number of aliphatic carboxylic acids is 2. The summed E-state index contributed by atoms with van der Waals surface area (Å²) in [5.74, 6) is -2.70. The summed E-state index contributed by atoms with van der Waals surface area (Å²) in [6.07, 6.45) is 1.98. The molecule has 4 aliphatic rings. The first-order chi connectivity index (χ1) is 27.0. The zero-order valence-electron chi connectivity index (χ0n) is 32.6. The Labute approximate surface area is 330 Å². The number of carboxylic acids is 2. The number of aromatic nitrogens is 2.